The molecule has 1 aromatic carbocycles. The van der Waals surface area contributed by atoms with Crippen LogP contribution in [-0.4, -0.2) is 47.0 Å². The maximum atomic E-state index is 13.6. The first-order valence-corrected chi connectivity index (χ1v) is 8.61. The Bertz CT molecular complexity index is 751. The molecule has 28 heavy (non-hydrogen) atoms. The fraction of sp³-hybridized carbons (Fsp3) is 0.474. The number of aliphatic imine (C=N–C) groups is 1. The Labute approximate surface area is 162 Å². The smallest absolute Gasteiger partial charge is 0.408 e. The first-order valence-electron chi connectivity index (χ1n) is 8.61. The lowest BCUT2D eigenvalue weighted by atomic mass is 9.95. The Morgan fingerprint density at radius 2 is 1.79 bits per heavy atom. The van der Waals surface area contributed by atoms with Crippen molar-refractivity contribution >= 4 is 11.8 Å². The van der Waals surface area contributed by atoms with Crippen LogP contribution < -0.4 is 11.1 Å². The summed E-state index contributed by atoms with van der Waals surface area (Å²) < 4.78 is 32.4. The molecule has 0 unspecified atom stereocenters. The Balaban J connectivity index is 3.30. The van der Waals surface area contributed by atoms with E-state index in [1.165, 1.54) is 7.05 Å². The number of benzene rings is 1. The van der Waals surface area contributed by atoms with E-state index in [0.29, 0.717) is 6.07 Å². The highest BCUT2D eigenvalue weighted by atomic mass is 19.1. The third-order valence-corrected chi connectivity index (χ3v) is 3.58. The van der Waals surface area contributed by atoms with Gasteiger partial charge in [0.05, 0.1) is 11.8 Å². The van der Waals surface area contributed by atoms with E-state index in [4.69, 9.17) is 10.5 Å². The van der Waals surface area contributed by atoms with Gasteiger partial charge in [0.15, 0.2) is 6.29 Å². The van der Waals surface area contributed by atoms with Crippen molar-refractivity contribution in [3.63, 3.8) is 0 Å². The van der Waals surface area contributed by atoms with Crippen molar-refractivity contribution in [1.29, 1.82) is 0 Å². The van der Waals surface area contributed by atoms with Crippen molar-refractivity contribution in [2.45, 2.75) is 52.0 Å². The quantitative estimate of drug-likeness (QED) is 0.432. The number of alkyl carbamates (subject to hydrolysis) is 1. The monoisotopic (exact) mass is 399 g/mol. The Hall–Kier alpha value is -2.52. The highest BCUT2D eigenvalue weighted by Crippen LogP contribution is 2.20. The van der Waals surface area contributed by atoms with Crippen LogP contribution in [0.2, 0.25) is 0 Å². The number of ether oxygens (including phenoxy) is 1. The van der Waals surface area contributed by atoms with Crippen molar-refractivity contribution in [3.05, 3.63) is 46.7 Å². The first kappa shape index (κ1) is 23.5. The molecule has 0 aliphatic heterocycles. The third kappa shape index (κ3) is 7.24. The van der Waals surface area contributed by atoms with Gasteiger partial charge in [-0.1, -0.05) is 0 Å². The number of amides is 1. The van der Waals surface area contributed by atoms with Crippen molar-refractivity contribution < 1.29 is 28.5 Å². The second kappa shape index (κ2) is 9.61. The number of nitrogens with zero attached hydrogens (tertiary/aromatic N) is 1. The molecule has 0 bridgehead atoms. The van der Waals surface area contributed by atoms with E-state index in [2.05, 4.69) is 10.3 Å². The van der Waals surface area contributed by atoms with E-state index in [1.54, 1.807) is 27.7 Å². The van der Waals surface area contributed by atoms with E-state index in [0.717, 1.165) is 12.1 Å². The Kier molecular flexibility index (Phi) is 8.07. The largest absolute Gasteiger partial charge is 0.444 e. The summed E-state index contributed by atoms with van der Waals surface area (Å²) in [5, 5.41) is 21.4. The lowest BCUT2D eigenvalue weighted by Gasteiger charge is -2.24. The first-order chi connectivity index (χ1) is 12.8. The number of hydrogen-bond donors (Lipinski definition) is 4. The van der Waals surface area contributed by atoms with Gasteiger partial charge in [-0.25, -0.2) is 13.6 Å². The summed E-state index contributed by atoms with van der Waals surface area (Å²) in [6, 6.07) is 2.03. The molecule has 1 rings (SSSR count). The minimum Gasteiger partial charge on any atom is -0.444 e. The lowest BCUT2D eigenvalue weighted by Crippen LogP contribution is -2.41. The van der Waals surface area contributed by atoms with Gasteiger partial charge >= 0.3 is 6.09 Å². The maximum Gasteiger partial charge on any atom is 0.408 e. The summed E-state index contributed by atoms with van der Waals surface area (Å²) in [7, 11) is 1.38. The molecule has 0 radical (unpaired) electrons. The second-order valence-electron chi connectivity index (χ2n) is 7.22. The number of hydrogen-bond acceptors (Lipinski definition) is 6. The van der Waals surface area contributed by atoms with Gasteiger partial charge in [0.25, 0.3) is 0 Å². The average molecular weight is 399 g/mol. The molecule has 0 aliphatic rings. The number of carbonyl (C=O) groups is 1. The minimum atomic E-state index is -1.79. The predicted octanol–water partition coefficient (Wildman–Crippen LogP) is 2.21. The standard InChI is InChI=1S/C19H27F2N3O4/c1-10(24-18(27)28-19(2,3)4)16(22)14(9-15(25)26)17(23-5)11-6-12(20)8-13(21)7-11/h6-8,10,15,25-26H,9,22H2,1-5H3,(H,24,27)/t10-/m0/s1. The SMILES string of the molecule is CN=C(C(CC(O)O)=C(N)[C@H](C)NC(=O)OC(C)(C)C)c1cc(F)cc(F)c1. The highest BCUT2D eigenvalue weighted by Gasteiger charge is 2.23. The van der Waals surface area contributed by atoms with Crippen LogP contribution in [0.3, 0.4) is 0 Å². The van der Waals surface area contributed by atoms with Crippen LogP contribution in [-0.2, 0) is 4.74 Å². The van der Waals surface area contributed by atoms with Crippen LogP contribution in [0, 0.1) is 11.6 Å². The van der Waals surface area contributed by atoms with E-state index in [-0.39, 0.29) is 29.0 Å². The summed E-state index contributed by atoms with van der Waals surface area (Å²) in [6.07, 6.45) is -2.88. The number of carbonyl (C=O) groups excluding carboxylic acids is 1. The minimum absolute atomic E-state index is 0.0456. The van der Waals surface area contributed by atoms with E-state index in [1.807, 2.05) is 0 Å². The average Bonchev–Trinajstić information content (AvgIpc) is 2.50. The van der Waals surface area contributed by atoms with Gasteiger partial charge in [-0.05, 0) is 39.8 Å². The summed E-state index contributed by atoms with van der Waals surface area (Å²) in [5.41, 5.74) is 5.73. The molecule has 9 heteroatoms. The molecule has 7 nitrogen and oxygen atoms in total. The van der Waals surface area contributed by atoms with Gasteiger partial charge < -0.3 is 26.0 Å². The van der Waals surface area contributed by atoms with Gasteiger partial charge in [-0.15, -0.1) is 0 Å². The van der Waals surface area contributed by atoms with Gasteiger partial charge in [0.2, 0.25) is 0 Å². The fourth-order valence-corrected chi connectivity index (χ4v) is 2.49. The summed E-state index contributed by atoms with van der Waals surface area (Å²) in [6.45, 7) is 6.65. The van der Waals surface area contributed by atoms with Crippen molar-refractivity contribution in [2.24, 2.45) is 10.7 Å². The van der Waals surface area contributed by atoms with Crippen LogP contribution in [0.25, 0.3) is 0 Å². The molecule has 0 aliphatic carbocycles. The van der Waals surface area contributed by atoms with Crippen LogP contribution in [0.4, 0.5) is 13.6 Å². The summed E-state index contributed by atoms with van der Waals surface area (Å²) in [5.74, 6) is -1.64. The number of nitrogens with one attached hydrogen (secondary N) is 1. The zero-order chi connectivity index (χ0) is 21.6. The van der Waals surface area contributed by atoms with Gasteiger partial charge in [0.1, 0.15) is 17.2 Å². The molecule has 0 spiro atoms. The molecular weight excluding hydrogens is 372 g/mol. The number of rotatable bonds is 6. The second-order valence-corrected chi connectivity index (χ2v) is 7.22. The van der Waals surface area contributed by atoms with E-state index >= 15 is 0 Å². The Morgan fingerprint density at radius 1 is 1.25 bits per heavy atom. The Morgan fingerprint density at radius 3 is 2.21 bits per heavy atom. The zero-order valence-corrected chi connectivity index (χ0v) is 16.6. The third-order valence-electron chi connectivity index (χ3n) is 3.58. The van der Waals surface area contributed by atoms with Gasteiger partial charge in [0, 0.05) is 36.4 Å². The molecule has 156 valence electrons. The zero-order valence-electron chi connectivity index (χ0n) is 16.6. The number of nitrogens with two attached hydrogens (primary N) is 1. The molecule has 1 amide bonds. The highest BCUT2D eigenvalue weighted by molar-refractivity contribution is 6.13. The topological polar surface area (TPSA) is 117 Å². The maximum absolute atomic E-state index is 13.6. The number of halogens is 2. The molecule has 0 saturated carbocycles. The van der Waals surface area contributed by atoms with Crippen molar-refractivity contribution in [1.82, 2.24) is 5.32 Å². The van der Waals surface area contributed by atoms with Crippen molar-refractivity contribution in [3.8, 4) is 0 Å². The van der Waals surface area contributed by atoms with Gasteiger partial charge in [-0.2, -0.15) is 0 Å². The molecule has 1 aromatic rings. The number of aliphatic hydroxyl groups is 2. The van der Waals surface area contributed by atoms with Gasteiger partial charge in [-0.3, -0.25) is 4.99 Å². The molecule has 0 aromatic heterocycles. The van der Waals surface area contributed by atoms with Crippen molar-refractivity contribution in [2.75, 3.05) is 7.05 Å². The predicted molar refractivity (Wildman–Crippen MR) is 102 cm³/mol. The summed E-state index contributed by atoms with van der Waals surface area (Å²) >= 11 is 0. The molecule has 0 heterocycles. The van der Waals surface area contributed by atoms with E-state index < -0.39 is 35.7 Å². The van der Waals surface area contributed by atoms with Crippen LogP contribution in [0.15, 0.2) is 34.5 Å². The molecular formula is C19H27F2N3O4. The van der Waals surface area contributed by atoms with Crippen LogP contribution in [0.5, 0.6) is 0 Å². The number of aliphatic hydroxyl groups excluding tert-OH is 1. The van der Waals surface area contributed by atoms with Crippen LogP contribution >= 0.6 is 0 Å². The van der Waals surface area contributed by atoms with E-state index in [9.17, 15) is 23.8 Å². The van der Waals surface area contributed by atoms with Crippen LogP contribution in [0.1, 0.15) is 39.7 Å². The lowest BCUT2D eigenvalue weighted by molar-refractivity contribution is -0.0373. The molecule has 5 N–H and O–H groups in total. The molecule has 0 fully saturated rings. The molecule has 0 saturated heterocycles. The molecule has 1 atom stereocenters. The normalized spacial score (nSPS) is 14.6. The fourth-order valence-electron chi connectivity index (χ4n) is 2.49. The summed E-state index contributed by atoms with van der Waals surface area (Å²) in [4.78, 5) is 16.0.